The third-order valence-electron chi connectivity index (χ3n) is 5.08. The van der Waals surface area contributed by atoms with Crippen molar-refractivity contribution in [2.45, 2.75) is 45.3 Å². The maximum Gasteiger partial charge on any atom is 0.191 e. The minimum absolute atomic E-state index is 0.267. The molecular weight excluding hydrogens is 343 g/mol. The Kier molecular flexibility index (Phi) is 6.45. The summed E-state index contributed by atoms with van der Waals surface area (Å²) < 4.78 is 16.0. The number of benzene rings is 1. The smallest absolute Gasteiger partial charge is 0.191 e. The first-order valence-electron chi connectivity index (χ1n) is 9.55. The summed E-state index contributed by atoms with van der Waals surface area (Å²) in [6.07, 6.45) is 7.16. The molecular formula is C20H29FN6. The Morgan fingerprint density at radius 3 is 2.70 bits per heavy atom. The molecule has 0 unspecified atom stereocenters. The van der Waals surface area contributed by atoms with E-state index < -0.39 is 0 Å². The topological polar surface area (TPSA) is 57.5 Å². The summed E-state index contributed by atoms with van der Waals surface area (Å²) in [7, 11) is 1.77. The SMILES string of the molecule is CN=C(NCc1ccc(-n2ccnc2)c(F)c1)NC1CCN(C(C)C)CC1. The fourth-order valence-corrected chi connectivity index (χ4v) is 3.41. The Bertz CT molecular complexity index is 748. The molecule has 2 N–H and O–H groups in total. The van der Waals surface area contributed by atoms with Gasteiger partial charge in [-0.2, -0.15) is 0 Å². The van der Waals surface area contributed by atoms with Crippen molar-refractivity contribution >= 4 is 5.96 Å². The molecule has 7 heteroatoms. The van der Waals surface area contributed by atoms with E-state index in [2.05, 4.69) is 39.4 Å². The predicted molar refractivity (Wildman–Crippen MR) is 107 cm³/mol. The molecule has 2 aromatic rings. The first kappa shape index (κ1) is 19.4. The molecule has 6 nitrogen and oxygen atoms in total. The number of nitrogens with one attached hydrogen (secondary N) is 2. The minimum Gasteiger partial charge on any atom is -0.354 e. The van der Waals surface area contributed by atoms with Crippen molar-refractivity contribution in [2.75, 3.05) is 20.1 Å². The Labute approximate surface area is 160 Å². The fraction of sp³-hybridized carbons (Fsp3) is 0.500. The Balaban J connectivity index is 1.52. The van der Waals surface area contributed by atoms with Crippen LogP contribution in [-0.2, 0) is 6.54 Å². The number of aliphatic imine (C=N–C) groups is 1. The number of guanidine groups is 1. The number of hydrogen-bond acceptors (Lipinski definition) is 3. The molecule has 0 amide bonds. The molecule has 2 heterocycles. The van der Waals surface area contributed by atoms with E-state index in [4.69, 9.17) is 0 Å². The van der Waals surface area contributed by atoms with Crippen LogP contribution in [-0.4, -0.2) is 52.6 Å². The first-order chi connectivity index (χ1) is 13.1. The molecule has 1 aromatic carbocycles. The van der Waals surface area contributed by atoms with Gasteiger partial charge in [0.05, 0.1) is 12.0 Å². The largest absolute Gasteiger partial charge is 0.354 e. The molecule has 146 valence electrons. The van der Waals surface area contributed by atoms with E-state index in [-0.39, 0.29) is 5.82 Å². The lowest BCUT2D eigenvalue weighted by molar-refractivity contribution is 0.167. The molecule has 1 aromatic heterocycles. The van der Waals surface area contributed by atoms with Gasteiger partial charge in [-0.1, -0.05) is 6.07 Å². The maximum absolute atomic E-state index is 14.4. The van der Waals surface area contributed by atoms with Gasteiger partial charge < -0.3 is 20.1 Å². The Morgan fingerprint density at radius 1 is 1.33 bits per heavy atom. The molecule has 1 aliphatic rings. The Hall–Kier alpha value is -2.41. The standard InChI is InChI=1S/C20H29FN6/c1-15(2)26-9-6-17(7-10-26)25-20(22-3)24-13-16-4-5-19(18(21)12-16)27-11-8-23-14-27/h4-5,8,11-12,14-15,17H,6-7,9-10,13H2,1-3H3,(H2,22,24,25). The van der Waals surface area contributed by atoms with Gasteiger partial charge in [0.1, 0.15) is 5.82 Å². The maximum atomic E-state index is 14.4. The quantitative estimate of drug-likeness (QED) is 0.626. The van der Waals surface area contributed by atoms with Crippen molar-refractivity contribution in [1.29, 1.82) is 0 Å². The summed E-state index contributed by atoms with van der Waals surface area (Å²) in [5.41, 5.74) is 1.37. The van der Waals surface area contributed by atoms with Crippen molar-refractivity contribution in [3.8, 4) is 5.69 Å². The van der Waals surface area contributed by atoms with E-state index in [1.54, 1.807) is 42.5 Å². The summed E-state index contributed by atoms with van der Waals surface area (Å²) in [6, 6.07) is 6.26. The van der Waals surface area contributed by atoms with Gasteiger partial charge in [-0.05, 0) is 44.4 Å². The van der Waals surface area contributed by atoms with E-state index in [1.807, 2.05) is 6.07 Å². The number of imidazole rings is 1. The molecule has 1 fully saturated rings. The number of piperidine rings is 1. The normalized spacial score (nSPS) is 16.7. The number of likely N-dealkylation sites (tertiary alicyclic amines) is 1. The Morgan fingerprint density at radius 2 is 2.11 bits per heavy atom. The summed E-state index contributed by atoms with van der Waals surface area (Å²) in [5, 5.41) is 6.78. The number of halogens is 1. The van der Waals surface area contributed by atoms with Crippen LogP contribution in [0.4, 0.5) is 4.39 Å². The second-order valence-corrected chi connectivity index (χ2v) is 7.23. The molecule has 0 aliphatic carbocycles. The van der Waals surface area contributed by atoms with Crippen LogP contribution >= 0.6 is 0 Å². The molecule has 27 heavy (non-hydrogen) atoms. The van der Waals surface area contributed by atoms with Crippen LogP contribution < -0.4 is 10.6 Å². The molecule has 1 saturated heterocycles. The van der Waals surface area contributed by atoms with Crippen LogP contribution in [0.3, 0.4) is 0 Å². The van der Waals surface area contributed by atoms with Gasteiger partial charge in [0.2, 0.25) is 0 Å². The average Bonchev–Trinajstić information content (AvgIpc) is 3.20. The number of rotatable bonds is 5. The third-order valence-corrected chi connectivity index (χ3v) is 5.08. The van der Waals surface area contributed by atoms with E-state index in [0.717, 1.165) is 37.5 Å². The monoisotopic (exact) mass is 372 g/mol. The van der Waals surface area contributed by atoms with Gasteiger partial charge in [-0.3, -0.25) is 4.99 Å². The second-order valence-electron chi connectivity index (χ2n) is 7.23. The summed E-state index contributed by atoms with van der Waals surface area (Å²) in [4.78, 5) is 10.8. The van der Waals surface area contributed by atoms with Gasteiger partial charge in [-0.15, -0.1) is 0 Å². The predicted octanol–water partition coefficient (Wildman–Crippen LogP) is 2.55. The first-order valence-corrected chi connectivity index (χ1v) is 9.55. The molecule has 0 saturated carbocycles. The van der Waals surface area contributed by atoms with E-state index >= 15 is 0 Å². The molecule has 3 rings (SSSR count). The summed E-state index contributed by atoms with van der Waals surface area (Å²) >= 11 is 0. The lowest BCUT2D eigenvalue weighted by atomic mass is 10.0. The van der Waals surface area contributed by atoms with Crippen molar-refractivity contribution in [1.82, 2.24) is 25.1 Å². The van der Waals surface area contributed by atoms with Crippen LogP contribution in [0.15, 0.2) is 41.9 Å². The van der Waals surface area contributed by atoms with Gasteiger partial charge in [-0.25, -0.2) is 9.37 Å². The van der Waals surface area contributed by atoms with E-state index in [0.29, 0.717) is 24.3 Å². The van der Waals surface area contributed by atoms with Crippen LogP contribution in [0.2, 0.25) is 0 Å². The lowest BCUT2D eigenvalue weighted by Crippen LogP contribution is -2.49. The molecule has 1 aliphatic heterocycles. The fourth-order valence-electron chi connectivity index (χ4n) is 3.41. The zero-order valence-electron chi connectivity index (χ0n) is 16.3. The highest BCUT2D eigenvalue weighted by atomic mass is 19.1. The molecule has 0 radical (unpaired) electrons. The third kappa shape index (κ3) is 5.07. The average molecular weight is 372 g/mol. The lowest BCUT2D eigenvalue weighted by Gasteiger charge is -2.35. The van der Waals surface area contributed by atoms with Crippen LogP contribution in [0.25, 0.3) is 5.69 Å². The minimum atomic E-state index is -0.267. The zero-order chi connectivity index (χ0) is 19.2. The number of aromatic nitrogens is 2. The second kappa shape index (κ2) is 8.99. The van der Waals surface area contributed by atoms with Gasteiger partial charge in [0.25, 0.3) is 0 Å². The van der Waals surface area contributed by atoms with Gasteiger partial charge in [0, 0.05) is 51.2 Å². The van der Waals surface area contributed by atoms with Crippen molar-refractivity contribution in [2.24, 2.45) is 4.99 Å². The molecule has 0 bridgehead atoms. The molecule has 0 atom stereocenters. The zero-order valence-corrected chi connectivity index (χ0v) is 16.3. The van der Waals surface area contributed by atoms with Crippen LogP contribution in [0.1, 0.15) is 32.3 Å². The molecule has 0 spiro atoms. The van der Waals surface area contributed by atoms with Crippen molar-refractivity contribution in [3.63, 3.8) is 0 Å². The van der Waals surface area contributed by atoms with Crippen LogP contribution in [0, 0.1) is 5.82 Å². The van der Waals surface area contributed by atoms with Crippen molar-refractivity contribution in [3.05, 3.63) is 48.3 Å². The van der Waals surface area contributed by atoms with Gasteiger partial charge >= 0.3 is 0 Å². The number of nitrogens with zero attached hydrogens (tertiary/aromatic N) is 4. The van der Waals surface area contributed by atoms with Gasteiger partial charge in [0.15, 0.2) is 5.96 Å². The number of hydrogen-bond donors (Lipinski definition) is 2. The van der Waals surface area contributed by atoms with E-state index in [9.17, 15) is 4.39 Å². The van der Waals surface area contributed by atoms with Crippen LogP contribution in [0.5, 0.6) is 0 Å². The summed E-state index contributed by atoms with van der Waals surface area (Å²) in [5.74, 6) is 0.494. The highest BCUT2D eigenvalue weighted by Gasteiger charge is 2.21. The highest BCUT2D eigenvalue weighted by molar-refractivity contribution is 5.79. The van der Waals surface area contributed by atoms with Crippen molar-refractivity contribution < 1.29 is 4.39 Å². The van der Waals surface area contributed by atoms with E-state index in [1.165, 1.54) is 0 Å². The highest BCUT2D eigenvalue weighted by Crippen LogP contribution is 2.15. The summed E-state index contributed by atoms with van der Waals surface area (Å²) in [6.45, 7) is 7.21.